The zero-order valence-corrected chi connectivity index (χ0v) is 7.93. The van der Waals surface area contributed by atoms with Crippen LogP contribution in [0.1, 0.15) is 18.5 Å². The summed E-state index contributed by atoms with van der Waals surface area (Å²) in [6, 6.07) is 7.04. The molecule has 0 aliphatic rings. The van der Waals surface area contributed by atoms with Crippen molar-refractivity contribution in [1.82, 2.24) is 0 Å². The van der Waals surface area contributed by atoms with Crippen LogP contribution >= 0.6 is 0 Å². The van der Waals surface area contributed by atoms with Crippen LogP contribution in [0.15, 0.2) is 24.3 Å². The zero-order valence-electron chi connectivity index (χ0n) is 7.93. The van der Waals surface area contributed by atoms with Gasteiger partial charge in [0.1, 0.15) is 5.75 Å². The minimum atomic E-state index is -0.985. The molecule has 76 valence electrons. The molecule has 1 aromatic carbocycles. The second-order valence-corrected chi connectivity index (χ2v) is 3.04. The summed E-state index contributed by atoms with van der Waals surface area (Å²) < 4.78 is 4.96. The molecule has 1 rings (SSSR count). The van der Waals surface area contributed by atoms with Gasteiger partial charge in [-0.1, -0.05) is 12.1 Å². The van der Waals surface area contributed by atoms with E-state index in [1.807, 2.05) is 19.1 Å². The van der Waals surface area contributed by atoms with Gasteiger partial charge in [-0.05, 0) is 24.6 Å². The molecule has 0 saturated carbocycles. The highest BCUT2D eigenvalue weighted by molar-refractivity contribution is 5.68. The number of ether oxygens (including phenoxy) is 1. The molecule has 0 radical (unpaired) electrons. The van der Waals surface area contributed by atoms with Crippen LogP contribution in [0.4, 0.5) is 0 Å². The van der Waals surface area contributed by atoms with Gasteiger partial charge in [-0.3, -0.25) is 0 Å². The van der Waals surface area contributed by atoms with Crippen molar-refractivity contribution >= 4 is 5.97 Å². The Balaban J connectivity index is 2.59. The van der Waals surface area contributed by atoms with E-state index in [0.29, 0.717) is 5.75 Å². The third kappa shape index (κ3) is 3.06. The Morgan fingerprint density at radius 2 is 2.07 bits per heavy atom. The van der Waals surface area contributed by atoms with Crippen molar-refractivity contribution in [3.63, 3.8) is 0 Å². The molecule has 4 nitrogen and oxygen atoms in total. The van der Waals surface area contributed by atoms with Gasteiger partial charge in [0.05, 0.1) is 0 Å². The maximum absolute atomic E-state index is 10.2. The van der Waals surface area contributed by atoms with Gasteiger partial charge in [-0.15, -0.1) is 0 Å². The highest BCUT2D eigenvalue weighted by Gasteiger charge is 2.01. The summed E-state index contributed by atoms with van der Waals surface area (Å²) in [6.07, 6.45) is 0. The average molecular weight is 195 g/mol. The van der Waals surface area contributed by atoms with E-state index in [4.69, 9.17) is 15.6 Å². The van der Waals surface area contributed by atoms with Gasteiger partial charge < -0.3 is 15.6 Å². The molecular formula is C10H13NO3. The first-order chi connectivity index (χ1) is 6.59. The van der Waals surface area contributed by atoms with Crippen LogP contribution in [-0.2, 0) is 4.79 Å². The number of carbonyl (C=O) groups is 1. The van der Waals surface area contributed by atoms with E-state index in [9.17, 15) is 4.79 Å². The molecule has 1 unspecified atom stereocenters. The highest BCUT2D eigenvalue weighted by Crippen LogP contribution is 2.15. The Labute approximate surface area is 82.3 Å². The van der Waals surface area contributed by atoms with Crippen molar-refractivity contribution in [1.29, 1.82) is 0 Å². The molecule has 1 atom stereocenters. The Morgan fingerprint density at radius 1 is 1.50 bits per heavy atom. The number of carboxylic acids is 1. The lowest BCUT2D eigenvalue weighted by molar-refractivity contribution is -0.139. The van der Waals surface area contributed by atoms with Gasteiger partial charge in [0.2, 0.25) is 0 Å². The zero-order chi connectivity index (χ0) is 10.6. The Hall–Kier alpha value is -1.55. The topological polar surface area (TPSA) is 72.5 Å². The molecule has 1 aromatic rings. The molecule has 0 saturated heterocycles. The molecule has 0 aliphatic heterocycles. The number of nitrogens with two attached hydrogens (primary N) is 1. The number of rotatable bonds is 4. The predicted octanol–water partition coefficient (Wildman–Crippen LogP) is 1.17. The summed E-state index contributed by atoms with van der Waals surface area (Å²) >= 11 is 0. The lowest BCUT2D eigenvalue weighted by Crippen LogP contribution is -2.09. The molecule has 3 N–H and O–H groups in total. The van der Waals surface area contributed by atoms with E-state index < -0.39 is 5.97 Å². The average Bonchev–Trinajstić information content (AvgIpc) is 2.15. The summed E-state index contributed by atoms with van der Waals surface area (Å²) in [6.45, 7) is 1.56. The Bertz CT molecular complexity index is 306. The van der Waals surface area contributed by atoms with Crippen LogP contribution in [0.25, 0.3) is 0 Å². The van der Waals surface area contributed by atoms with Crippen LogP contribution in [0, 0.1) is 0 Å². The minimum Gasteiger partial charge on any atom is -0.482 e. The molecule has 14 heavy (non-hydrogen) atoms. The van der Waals surface area contributed by atoms with Gasteiger partial charge in [0.15, 0.2) is 6.61 Å². The fraction of sp³-hybridized carbons (Fsp3) is 0.300. The first-order valence-corrected chi connectivity index (χ1v) is 4.29. The van der Waals surface area contributed by atoms with Gasteiger partial charge in [0, 0.05) is 6.04 Å². The third-order valence-corrected chi connectivity index (χ3v) is 1.77. The van der Waals surface area contributed by atoms with Gasteiger partial charge in [-0.25, -0.2) is 4.79 Å². The molecule has 0 bridgehead atoms. The van der Waals surface area contributed by atoms with Crippen LogP contribution < -0.4 is 10.5 Å². The summed E-state index contributed by atoms with van der Waals surface area (Å²) in [5.41, 5.74) is 6.64. The summed E-state index contributed by atoms with van der Waals surface area (Å²) in [7, 11) is 0. The van der Waals surface area contributed by atoms with E-state index in [1.165, 1.54) is 0 Å². The van der Waals surface area contributed by atoms with Crippen molar-refractivity contribution in [3.05, 3.63) is 29.8 Å². The molecule has 0 spiro atoms. The van der Waals surface area contributed by atoms with E-state index in [2.05, 4.69) is 0 Å². The molecule has 0 amide bonds. The van der Waals surface area contributed by atoms with Crippen molar-refractivity contribution in [2.45, 2.75) is 13.0 Å². The maximum atomic E-state index is 10.2. The quantitative estimate of drug-likeness (QED) is 0.756. The maximum Gasteiger partial charge on any atom is 0.341 e. The number of benzene rings is 1. The first-order valence-electron chi connectivity index (χ1n) is 4.29. The fourth-order valence-corrected chi connectivity index (χ4v) is 1.01. The molecule has 4 heteroatoms. The first kappa shape index (κ1) is 10.5. The molecule has 0 aromatic heterocycles. The fourth-order valence-electron chi connectivity index (χ4n) is 1.01. The second-order valence-electron chi connectivity index (χ2n) is 3.04. The predicted molar refractivity (Wildman–Crippen MR) is 52.2 cm³/mol. The van der Waals surface area contributed by atoms with Gasteiger partial charge in [0.25, 0.3) is 0 Å². The van der Waals surface area contributed by atoms with Crippen LogP contribution in [0.2, 0.25) is 0 Å². The monoisotopic (exact) mass is 195 g/mol. The normalized spacial score (nSPS) is 12.1. The van der Waals surface area contributed by atoms with E-state index in [-0.39, 0.29) is 12.6 Å². The number of hydrogen-bond donors (Lipinski definition) is 2. The lowest BCUT2D eigenvalue weighted by Gasteiger charge is -2.07. The van der Waals surface area contributed by atoms with Crippen LogP contribution in [0.3, 0.4) is 0 Å². The minimum absolute atomic E-state index is 0.0245. The van der Waals surface area contributed by atoms with Crippen LogP contribution in [-0.4, -0.2) is 17.7 Å². The largest absolute Gasteiger partial charge is 0.482 e. The summed E-state index contributed by atoms with van der Waals surface area (Å²) in [5, 5.41) is 8.37. The van der Waals surface area contributed by atoms with Gasteiger partial charge in [-0.2, -0.15) is 0 Å². The summed E-state index contributed by atoms with van der Waals surface area (Å²) in [4.78, 5) is 10.2. The molecule has 0 heterocycles. The van der Waals surface area contributed by atoms with E-state index in [0.717, 1.165) is 5.56 Å². The number of hydrogen-bond acceptors (Lipinski definition) is 3. The Morgan fingerprint density at radius 3 is 2.50 bits per heavy atom. The van der Waals surface area contributed by atoms with Gasteiger partial charge >= 0.3 is 5.97 Å². The lowest BCUT2D eigenvalue weighted by atomic mass is 10.1. The van der Waals surface area contributed by atoms with E-state index in [1.54, 1.807) is 12.1 Å². The molecule has 0 fully saturated rings. The molecule has 0 aliphatic carbocycles. The standard InChI is InChI=1S/C10H13NO3/c1-7(11)8-2-4-9(5-3-8)14-6-10(12)13/h2-5,7H,6,11H2,1H3,(H,12,13). The highest BCUT2D eigenvalue weighted by atomic mass is 16.5. The summed E-state index contributed by atoms with van der Waals surface area (Å²) in [5.74, 6) is -0.446. The third-order valence-electron chi connectivity index (χ3n) is 1.77. The van der Waals surface area contributed by atoms with Crippen LogP contribution in [0.5, 0.6) is 5.75 Å². The van der Waals surface area contributed by atoms with Crippen molar-refractivity contribution in [2.75, 3.05) is 6.61 Å². The second kappa shape index (κ2) is 4.62. The smallest absolute Gasteiger partial charge is 0.341 e. The van der Waals surface area contributed by atoms with E-state index >= 15 is 0 Å². The van der Waals surface area contributed by atoms with Crippen molar-refractivity contribution < 1.29 is 14.6 Å². The molecular weight excluding hydrogens is 182 g/mol. The number of aliphatic carboxylic acids is 1. The number of carboxylic acid groups (broad SMARTS) is 1. The SMILES string of the molecule is CC(N)c1ccc(OCC(=O)O)cc1. The van der Waals surface area contributed by atoms with Crippen molar-refractivity contribution in [3.8, 4) is 5.75 Å². The van der Waals surface area contributed by atoms with Crippen molar-refractivity contribution in [2.24, 2.45) is 5.73 Å². The Kier molecular flexibility index (Phi) is 3.48.